The van der Waals surface area contributed by atoms with Crippen LogP contribution in [0.25, 0.3) is 11.1 Å². The van der Waals surface area contributed by atoms with Crippen molar-refractivity contribution >= 4 is 11.6 Å². The van der Waals surface area contributed by atoms with Crippen molar-refractivity contribution in [2.24, 2.45) is 0 Å². The molecule has 1 N–H and O–H groups in total. The van der Waals surface area contributed by atoms with Gasteiger partial charge in [0.05, 0.1) is 0 Å². The molecule has 2 aromatic rings. The topological polar surface area (TPSA) is 21.3 Å². The largest absolute Gasteiger partial charge is 0.487 e. The highest BCUT2D eigenvalue weighted by Gasteiger charge is 2.30. The van der Waals surface area contributed by atoms with Crippen molar-refractivity contribution in [3.63, 3.8) is 0 Å². The summed E-state index contributed by atoms with van der Waals surface area (Å²) in [5.74, 6) is 0.992. The Labute approximate surface area is 131 Å². The van der Waals surface area contributed by atoms with Gasteiger partial charge in [0.15, 0.2) is 0 Å². The minimum Gasteiger partial charge on any atom is -0.487 e. The first-order chi connectivity index (χ1) is 9.98. The van der Waals surface area contributed by atoms with Gasteiger partial charge in [-0.2, -0.15) is 0 Å². The predicted molar refractivity (Wildman–Crippen MR) is 88.1 cm³/mol. The van der Waals surface area contributed by atoms with Gasteiger partial charge in [-0.25, -0.2) is 0 Å². The Hall–Kier alpha value is -1.51. The van der Waals surface area contributed by atoms with Crippen molar-refractivity contribution in [1.82, 2.24) is 5.32 Å². The third-order valence-corrected chi connectivity index (χ3v) is 4.10. The Morgan fingerprint density at radius 1 is 1.19 bits per heavy atom. The maximum atomic E-state index is 6.45. The van der Waals surface area contributed by atoms with Crippen LogP contribution >= 0.6 is 11.6 Å². The standard InChI is InChI=1S/C18H20ClNO/c1-18(2)10-14-9-13(5-7-17(14)21-18)15-6-4-12(11-20-3)8-16(15)19/h4-9,20H,10-11H2,1-3H3. The number of nitrogens with one attached hydrogen (secondary N) is 1. The van der Waals surface area contributed by atoms with Crippen molar-refractivity contribution in [3.8, 4) is 16.9 Å². The molecule has 0 saturated heterocycles. The van der Waals surface area contributed by atoms with Crippen molar-refractivity contribution < 1.29 is 4.74 Å². The van der Waals surface area contributed by atoms with Gasteiger partial charge < -0.3 is 10.1 Å². The summed E-state index contributed by atoms with van der Waals surface area (Å²) in [6.45, 7) is 5.06. The second kappa shape index (κ2) is 5.36. The summed E-state index contributed by atoms with van der Waals surface area (Å²) in [5, 5.41) is 3.93. The van der Waals surface area contributed by atoms with Crippen LogP contribution in [0.3, 0.4) is 0 Å². The average molecular weight is 302 g/mol. The summed E-state index contributed by atoms with van der Waals surface area (Å²) in [6, 6.07) is 12.6. The Kier molecular flexibility index (Phi) is 3.68. The zero-order valence-corrected chi connectivity index (χ0v) is 13.4. The first-order valence-electron chi connectivity index (χ1n) is 7.24. The number of rotatable bonds is 3. The molecule has 0 radical (unpaired) electrons. The van der Waals surface area contributed by atoms with Gasteiger partial charge in [0, 0.05) is 23.6 Å². The number of fused-ring (bicyclic) bond motifs is 1. The normalized spacial score (nSPS) is 15.6. The maximum Gasteiger partial charge on any atom is 0.123 e. The fourth-order valence-electron chi connectivity index (χ4n) is 2.88. The van der Waals surface area contributed by atoms with E-state index < -0.39 is 0 Å². The van der Waals surface area contributed by atoms with E-state index in [0.717, 1.165) is 34.9 Å². The highest BCUT2D eigenvalue weighted by Crippen LogP contribution is 2.38. The molecule has 3 heteroatoms. The molecule has 2 aromatic carbocycles. The van der Waals surface area contributed by atoms with Crippen molar-refractivity contribution in [2.75, 3.05) is 7.05 Å². The van der Waals surface area contributed by atoms with Gasteiger partial charge in [-0.1, -0.05) is 29.8 Å². The molecular formula is C18H20ClNO. The molecule has 0 unspecified atom stereocenters. The lowest BCUT2D eigenvalue weighted by Gasteiger charge is -2.16. The summed E-state index contributed by atoms with van der Waals surface area (Å²) < 4.78 is 5.93. The number of ether oxygens (including phenoxy) is 1. The minimum atomic E-state index is -0.110. The maximum absolute atomic E-state index is 6.45. The molecule has 0 aliphatic carbocycles. The SMILES string of the molecule is CNCc1ccc(-c2ccc3c(c2)CC(C)(C)O3)c(Cl)c1. The average Bonchev–Trinajstić information content (AvgIpc) is 2.72. The summed E-state index contributed by atoms with van der Waals surface area (Å²) in [7, 11) is 1.93. The van der Waals surface area contributed by atoms with Gasteiger partial charge in [0.1, 0.15) is 11.4 Å². The molecule has 0 amide bonds. The van der Waals surface area contributed by atoms with Crippen LogP contribution in [0, 0.1) is 0 Å². The molecule has 0 spiro atoms. The van der Waals surface area contributed by atoms with Gasteiger partial charge >= 0.3 is 0 Å². The van der Waals surface area contributed by atoms with E-state index in [1.54, 1.807) is 0 Å². The van der Waals surface area contributed by atoms with Crippen LogP contribution in [0.4, 0.5) is 0 Å². The lowest BCUT2D eigenvalue weighted by molar-refractivity contribution is 0.138. The molecule has 1 aliphatic rings. The molecule has 3 rings (SSSR count). The van der Waals surface area contributed by atoms with Crippen molar-refractivity contribution in [2.45, 2.75) is 32.4 Å². The van der Waals surface area contributed by atoms with Crippen LogP contribution in [0.2, 0.25) is 5.02 Å². The lowest BCUT2D eigenvalue weighted by atomic mass is 9.97. The summed E-state index contributed by atoms with van der Waals surface area (Å²) in [5.41, 5.74) is 4.56. The molecule has 0 fully saturated rings. The zero-order chi connectivity index (χ0) is 15.0. The molecule has 1 heterocycles. The van der Waals surface area contributed by atoms with E-state index in [0.29, 0.717) is 0 Å². The smallest absolute Gasteiger partial charge is 0.123 e. The summed E-state index contributed by atoms with van der Waals surface area (Å²) >= 11 is 6.45. The van der Waals surface area contributed by atoms with Crippen LogP contribution in [0.15, 0.2) is 36.4 Å². The molecule has 21 heavy (non-hydrogen) atoms. The Balaban J connectivity index is 1.96. The Morgan fingerprint density at radius 2 is 2.00 bits per heavy atom. The van der Waals surface area contributed by atoms with E-state index in [1.807, 2.05) is 13.1 Å². The van der Waals surface area contributed by atoms with Crippen LogP contribution in [0.1, 0.15) is 25.0 Å². The van der Waals surface area contributed by atoms with Gasteiger partial charge in [-0.05, 0) is 55.8 Å². The lowest BCUT2D eigenvalue weighted by Crippen LogP contribution is -2.24. The minimum absolute atomic E-state index is 0.110. The molecule has 110 valence electrons. The fraction of sp³-hybridized carbons (Fsp3) is 0.333. The monoisotopic (exact) mass is 301 g/mol. The van der Waals surface area contributed by atoms with Crippen molar-refractivity contribution in [3.05, 3.63) is 52.5 Å². The third kappa shape index (κ3) is 2.92. The first kappa shape index (κ1) is 14.4. The quantitative estimate of drug-likeness (QED) is 0.905. The third-order valence-electron chi connectivity index (χ3n) is 3.79. The van der Waals surface area contributed by atoms with E-state index in [2.05, 4.69) is 49.5 Å². The van der Waals surface area contributed by atoms with Gasteiger partial charge in [0.2, 0.25) is 0 Å². The second-order valence-electron chi connectivity index (χ2n) is 6.21. The summed E-state index contributed by atoms with van der Waals surface area (Å²) in [4.78, 5) is 0. The molecule has 1 aliphatic heterocycles. The number of hydrogen-bond donors (Lipinski definition) is 1. The van der Waals surface area contributed by atoms with E-state index in [1.165, 1.54) is 11.1 Å². The van der Waals surface area contributed by atoms with Crippen LogP contribution in [0.5, 0.6) is 5.75 Å². The summed E-state index contributed by atoms with van der Waals surface area (Å²) in [6.07, 6.45) is 0.936. The fourth-order valence-corrected chi connectivity index (χ4v) is 3.20. The van der Waals surface area contributed by atoms with E-state index in [4.69, 9.17) is 16.3 Å². The van der Waals surface area contributed by atoms with E-state index in [-0.39, 0.29) is 5.60 Å². The first-order valence-corrected chi connectivity index (χ1v) is 7.62. The molecule has 0 saturated carbocycles. The predicted octanol–water partition coefficient (Wildman–Crippen LogP) is 4.44. The van der Waals surface area contributed by atoms with Gasteiger partial charge in [-0.3, -0.25) is 0 Å². The Bertz CT molecular complexity index is 679. The highest BCUT2D eigenvalue weighted by atomic mass is 35.5. The number of halogens is 1. The van der Waals surface area contributed by atoms with Crippen molar-refractivity contribution in [1.29, 1.82) is 0 Å². The van der Waals surface area contributed by atoms with Gasteiger partial charge in [0.25, 0.3) is 0 Å². The highest BCUT2D eigenvalue weighted by molar-refractivity contribution is 6.33. The van der Waals surface area contributed by atoms with E-state index in [9.17, 15) is 0 Å². The number of benzene rings is 2. The zero-order valence-electron chi connectivity index (χ0n) is 12.7. The molecule has 0 atom stereocenters. The molecule has 2 nitrogen and oxygen atoms in total. The van der Waals surface area contributed by atoms with Gasteiger partial charge in [-0.15, -0.1) is 0 Å². The molecular weight excluding hydrogens is 282 g/mol. The second-order valence-corrected chi connectivity index (χ2v) is 6.61. The van der Waals surface area contributed by atoms with Crippen LogP contribution in [-0.4, -0.2) is 12.6 Å². The van der Waals surface area contributed by atoms with E-state index >= 15 is 0 Å². The van der Waals surface area contributed by atoms with Crippen LogP contribution in [-0.2, 0) is 13.0 Å². The van der Waals surface area contributed by atoms with Crippen LogP contribution < -0.4 is 10.1 Å². The molecule has 0 bridgehead atoms. The Morgan fingerprint density at radius 3 is 2.71 bits per heavy atom. The molecule has 0 aromatic heterocycles. The number of hydrogen-bond acceptors (Lipinski definition) is 2.